The maximum absolute atomic E-state index is 13.4. The molecule has 3 aliphatic rings. The molecule has 3 fully saturated rings. The minimum Gasteiger partial charge on any atom is -0.461 e. The predicted molar refractivity (Wildman–Crippen MR) is 130 cm³/mol. The van der Waals surface area contributed by atoms with Gasteiger partial charge in [-0.1, -0.05) is 64.1 Å². The number of benzene rings is 1. The van der Waals surface area contributed by atoms with Gasteiger partial charge >= 0.3 is 5.97 Å². The topological polar surface area (TPSA) is 80.7 Å². The molecule has 5 heteroatoms. The van der Waals surface area contributed by atoms with Gasteiger partial charge < -0.3 is 9.84 Å². The molecule has 0 saturated heterocycles. The van der Waals surface area contributed by atoms with Crippen LogP contribution in [0.3, 0.4) is 0 Å². The number of rotatable bonds is 5. The van der Waals surface area contributed by atoms with E-state index in [1.807, 2.05) is 13.0 Å². The van der Waals surface area contributed by atoms with Gasteiger partial charge in [0.1, 0.15) is 18.3 Å². The molecule has 1 aromatic carbocycles. The molecule has 1 N–H and O–H groups in total. The van der Waals surface area contributed by atoms with E-state index < -0.39 is 29.0 Å². The lowest BCUT2D eigenvalue weighted by atomic mass is 9.44. The summed E-state index contributed by atoms with van der Waals surface area (Å²) < 4.78 is 6.14. The Balaban J connectivity index is 1.72. The Morgan fingerprint density at radius 1 is 1.18 bits per heavy atom. The van der Waals surface area contributed by atoms with Crippen molar-refractivity contribution in [2.75, 3.05) is 0 Å². The lowest BCUT2D eigenvalue weighted by molar-refractivity contribution is -0.206. The van der Waals surface area contributed by atoms with Crippen LogP contribution in [0.15, 0.2) is 43.0 Å². The van der Waals surface area contributed by atoms with Crippen molar-refractivity contribution < 1.29 is 24.2 Å². The predicted octanol–water partition coefficient (Wildman–Crippen LogP) is 5.17. The minimum atomic E-state index is -0.705. The van der Waals surface area contributed by atoms with E-state index in [1.165, 1.54) is 0 Å². The molecule has 8 atom stereocenters. The standard InChI is InChI=1S/C29H38O5/c1-6-27(4)17-23(34-24(32)16-22(31)20-10-8-7-9-11-20)28(5)18(2)12-14-29(19(3)26(27)33)15-13-21(30)25(28)29/h6-11,18-19,23,25-26,33H,1,12-17H2,2-5H3/t18?,19-,23+,25?,26-,27-,28-,29-/m0/s1. The molecular formula is C29H38O5. The summed E-state index contributed by atoms with van der Waals surface area (Å²) in [4.78, 5) is 39.2. The van der Waals surface area contributed by atoms with E-state index in [9.17, 15) is 19.5 Å². The van der Waals surface area contributed by atoms with Crippen molar-refractivity contribution in [2.45, 2.75) is 78.4 Å². The molecule has 0 aromatic heterocycles. The Bertz CT molecular complexity index is 985. The van der Waals surface area contributed by atoms with E-state index in [-0.39, 0.29) is 41.2 Å². The largest absolute Gasteiger partial charge is 0.461 e. The Labute approximate surface area is 203 Å². The molecule has 2 unspecified atom stereocenters. The lowest BCUT2D eigenvalue weighted by Crippen LogP contribution is -2.63. The van der Waals surface area contributed by atoms with E-state index in [4.69, 9.17) is 4.74 Å². The van der Waals surface area contributed by atoms with Crippen molar-refractivity contribution in [3.8, 4) is 0 Å². The Hall–Kier alpha value is -2.27. The van der Waals surface area contributed by atoms with Crippen LogP contribution in [-0.4, -0.2) is 34.9 Å². The molecule has 0 radical (unpaired) electrons. The third-order valence-electron chi connectivity index (χ3n) is 9.98. The zero-order chi connectivity index (χ0) is 24.9. The molecule has 184 valence electrons. The first-order valence-electron chi connectivity index (χ1n) is 12.6. The minimum absolute atomic E-state index is 0.0740. The fourth-order valence-electron chi connectivity index (χ4n) is 7.56. The Kier molecular flexibility index (Phi) is 6.39. The van der Waals surface area contributed by atoms with Crippen LogP contribution in [-0.2, 0) is 14.3 Å². The number of carbonyl (C=O) groups is 3. The monoisotopic (exact) mass is 466 g/mol. The molecule has 2 bridgehead atoms. The van der Waals surface area contributed by atoms with Gasteiger partial charge in [0.05, 0.1) is 6.10 Å². The highest BCUT2D eigenvalue weighted by atomic mass is 16.5. The highest BCUT2D eigenvalue weighted by Crippen LogP contribution is 2.68. The molecule has 0 heterocycles. The molecule has 3 aliphatic carbocycles. The van der Waals surface area contributed by atoms with Gasteiger partial charge in [0.25, 0.3) is 0 Å². The number of ketones is 2. The van der Waals surface area contributed by atoms with Crippen LogP contribution >= 0.6 is 0 Å². The average Bonchev–Trinajstić information content (AvgIpc) is 3.18. The number of carbonyl (C=O) groups excluding carboxylic acids is 3. The number of aliphatic hydroxyl groups is 1. The van der Waals surface area contributed by atoms with Crippen molar-refractivity contribution in [1.82, 2.24) is 0 Å². The summed E-state index contributed by atoms with van der Waals surface area (Å²) in [5, 5.41) is 11.6. The normalized spacial score (nSPS) is 41.7. The number of ether oxygens (including phenoxy) is 1. The van der Waals surface area contributed by atoms with Gasteiger partial charge in [0.2, 0.25) is 0 Å². The quantitative estimate of drug-likeness (QED) is 0.280. The van der Waals surface area contributed by atoms with E-state index in [1.54, 1.807) is 30.3 Å². The summed E-state index contributed by atoms with van der Waals surface area (Å²) in [7, 11) is 0. The fourth-order valence-corrected chi connectivity index (χ4v) is 7.56. The molecule has 0 amide bonds. The SMILES string of the molecule is C=C[C@@]1(C)C[C@@H](OC(=O)CC(=O)c2ccccc2)[C@]2(C)C(C)CC[C@]3(CCC(=O)C32)[C@@H](C)[C@@H]1O. The Morgan fingerprint density at radius 2 is 1.85 bits per heavy atom. The van der Waals surface area contributed by atoms with Crippen LogP contribution in [0, 0.1) is 34.0 Å². The van der Waals surface area contributed by atoms with Gasteiger partial charge in [-0.15, -0.1) is 6.58 Å². The second kappa shape index (κ2) is 8.75. The van der Waals surface area contributed by atoms with Crippen LogP contribution in [0.4, 0.5) is 0 Å². The van der Waals surface area contributed by atoms with Gasteiger partial charge in [-0.25, -0.2) is 0 Å². The number of aliphatic hydroxyl groups excluding tert-OH is 1. The zero-order valence-corrected chi connectivity index (χ0v) is 20.9. The molecule has 5 nitrogen and oxygen atoms in total. The summed E-state index contributed by atoms with van der Waals surface area (Å²) in [5.74, 6) is -0.836. The number of Topliss-reactive ketones (excluding diaryl/α,β-unsaturated/α-hetero) is 2. The molecule has 0 aliphatic heterocycles. The number of hydrogen-bond acceptors (Lipinski definition) is 5. The number of hydrogen-bond donors (Lipinski definition) is 1. The summed E-state index contributed by atoms with van der Waals surface area (Å²) in [6.07, 6.45) is 3.56. The van der Waals surface area contributed by atoms with E-state index in [2.05, 4.69) is 27.4 Å². The van der Waals surface area contributed by atoms with Gasteiger partial charge in [0.15, 0.2) is 5.78 Å². The second-order valence-corrected chi connectivity index (χ2v) is 11.5. The molecule has 0 spiro atoms. The highest BCUT2D eigenvalue weighted by Gasteiger charge is 2.68. The van der Waals surface area contributed by atoms with Crippen molar-refractivity contribution in [2.24, 2.45) is 34.0 Å². The van der Waals surface area contributed by atoms with Crippen LogP contribution < -0.4 is 0 Å². The summed E-state index contributed by atoms with van der Waals surface area (Å²) >= 11 is 0. The zero-order valence-electron chi connectivity index (χ0n) is 20.9. The summed E-state index contributed by atoms with van der Waals surface area (Å²) in [6, 6.07) is 8.73. The van der Waals surface area contributed by atoms with Gasteiger partial charge in [-0.3, -0.25) is 14.4 Å². The van der Waals surface area contributed by atoms with Crippen molar-refractivity contribution in [3.63, 3.8) is 0 Å². The summed E-state index contributed by atoms with van der Waals surface area (Å²) in [5.41, 5.74) is -1.10. The molecule has 3 saturated carbocycles. The maximum atomic E-state index is 13.4. The molecular weight excluding hydrogens is 428 g/mol. The van der Waals surface area contributed by atoms with Crippen molar-refractivity contribution >= 4 is 17.5 Å². The van der Waals surface area contributed by atoms with Crippen molar-refractivity contribution in [1.29, 1.82) is 0 Å². The molecule has 4 rings (SSSR count). The first kappa shape index (κ1) is 24.8. The van der Waals surface area contributed by atoms with Crippen LogP contribution in [0.2, 0.25) is 0 Å². The second-order valence-electron chi connectivity index (χ2n) is 11.5. The molecule has 34 heavy (non-hydrogen) atoms. The third-order valence-corrected chi connectivity index (χ3v) is 9.98. The smallest absolute Gasteiger partial charge is 0.313 e. The van der Waals surface area contributed by atoms with E-state index >= 15 is 0 Å². The Morgan fingerprint density at radius 3 is 2.50 bits per heavy atom. The number of esters is 1. The molecule has 1 aromatic rings. The van der Waals surface area contributed by atoms with Crippen LogP contribution in [0.5, 0.6) is 0 Å². The summed E-state index contributed by atoms with van der Waals surface area (Å²) in [6.45, 7) is 12.3. The third kappa shape index (κ3) is 3.67. The first-order chi connectivity index (χ1) is 16.0. The highest BCUT2D eigenvalue weighted by molar-refractivity contribution is 6.05. The van der Waals surface area contributed by atoms with Crippen molar-refractivity contribution in [3.05, 3.63) is 48.6 Å². The first-order valence-corrected chi connectivity index (χ1v) is 12.6. The van der Waals surface area contributed by atoms with Crippen LogP contribution in [0.1, 0.15) is 76.6 Å². The van der Waals surface area contributed by atoms with Gasteiger partial charge in [0, 0.05) is 28.7 Å². The van der Waals surface area contributed by atoms with Crippen LogP contribution in [0.25, 0.3) is 0 Å². The maximum Gasteiger partial charge on any atom is 0.313 e. The van der Waals surface area contributed by atoms with E-state index in [0.29, 0.717) is 18.4 Å². The average molecular weight is 467 g/mol. The van der Waals surface area contributed by atoms with Gasteiger partial charge in [-0.05, 0) is 42.9 Å². The lowest BCUT2D eigenvalue weighted by Gasteiger charge is -2.61. The van der Waals surface area contributed by atoms with E-state index in [0.717, 1.165) is 19.3 Å². The van der Waals surface area contributed by atoms with Gasteiger partial charge in [-0.2, -0.15) is 0 Å². The fraction of sp³-hybridized carbons (Fsp3) is 0.621.